The molecule has 3 nitrogen and oxygen atoms in total. The topological polar surface area (TPSA) is 38.5 Å². The number of nitrogens with zero attached hydrogens (tertiary/aromatic N) is 1. The second kappa shape index (κ2) is 4.90. The van der Waals surface area contributed by atoms with Gasteiger partial charge in [-0.3, -0.25) is 0 Å². The van der Waals surface area contributed by atoms with E-state index in [1.807, 2.05) is 0 Å². The predicted octanol–water partition coefficient (Wildman–Crippen LogP) is 2.35. The number of likely N-dealkylation sites (N-methyl/N-ethyl adjacent to an activating group) is 1. The van der Waals surface area contributed by atoms with Gasteiger partial charge in [0.25, 0.3) is 0 Å². The zero-order chi connectivity index (χ0) is 13.3. The molecule has 3 heteroatoms. The molecule has 0 amide bonds. The summed E-state index contributed by atoms with van der Waals surface area (Å²) in [5, 5.41) is 0. The zero-order valence-corrected chi connectivity index (χ0v) is 11.9. The monoisotopic (exact) mass is 248 g/mol. The van der Waals surface area contributed by atoms with Crippen LogP contribution >= 0.6 is 0 Å². The third-order valence-corrected chi connectivity index (χ3v) is 4.21. The average molecular weight is 248 g/mol. The van der Waals surface area contributed by atoms with E-state index in [0.29, 0.717) is 0 Å². The standard InChI is InChI=1S/C15H24N2O/c1-15(2,17(3)4)14(16)12-9-5-7-11-8-6-10-18-13(11)12/h5,7,9,14H,6,8,10,16H2,1-4H3. The highest BCUT2D eigenvalue weighted by Gasteiger charge is 2.32. The van der Waals surface area contributed by atoms with Crippen LogP contribution in [0.25, 0.3) is 0 Å². The Kier molecular flexibility index (Phi) is 3.64. The van der Waals surface area contributed by atoms with Crippen LogP contribution in [0, 0.1) is 0 Å². The fourth-order valence-corrected chi connectivity index (χ4v) is 2.32. The van der Waals surface area contributed by atoms with Gasteiger partial charge in [-0.1, -0.05) is 18.2 Å². The number of hydrogen-bond acceptors (Lipinski definition) is 3. The van der Waals surface area contributed by atoms with Gasteiger partial charge in [0.2, 0.25) is 0 Å². The largest absolute Gasteiger partial charge is 0.493 e. The summed E-state index contributed by atoms with van der Waals surface area (Å²) in [5.41, 5.74) is 8.80. The molecule has 1 aliphatic heterocycles. The molecule has 0 aliphatic carbocycles. The Balaban J connectivity index is 2.39. The summed E-state index contributed by atoms with van der Waals surface area (Å²) in [6.45, 7) is 5.14. The van der Waals surface area contributed by atoms with Crippen molar-refractivity contribution in [3.8, 4) is 5.75 Å². The Labute approximate surface area is 110 Å². The quantitative estimate of drug-likeness (QED) is 0.892. The Morgan fingerprint density at radius 1 is 1.33 bits per heavy atom. The summed E-state index contributed by atoms with van der Waals surface area (Å²) < 4.78 is 5.85. The average Bonchev–Trinajstić information content (AvgIpc) is 2.37. The second-order valence-corrected chi connectivity index (χ2v) is 5.81. The van der Waals surface area contributed by atoms with Crippen molar-refractivity contribution in [2.24, 2.45) is 5.73 Å². The van der Waals surface area contributed by atoms with Crippen LogP contribution in [0.15, 0.2) is 18.2 Å². The van der Waals surface area contributed by atoms with Gasteiger partial charge in [-0.25, -0.2) is 0 Å². The van der Waals surface area contributed by atoms with Crippen LogP contribution in [0.3, 0.4) is 0 Å². The minimum Gasteiger partial charge on any atom is -0.493 e. The molecule has 0 spiro atoms. The van der Waals surface area contributed by atoms with Crippen molar-refractivity contribution < 1.29 is 4.74 Å². The molecule has 1 atom stereocenters. The van der Waals surface area contributed by atoms with Gasteiger partial charge in [-0.2, -0.15) is 0 Å². The molecule has 0 aromatic heterocycles. The molecule has 2 rings (SSSR count). The molecule has 0 fully saturated rings. The molecule has 0 bridgehead atoms. The Morgan fingerprint density at radius 3 is 2.72 bits per heavy atom. The number of nitrogens with two attached hydrogens (primary N) is 1. The first-order chi connectivity index (χ1) is 8.44. The number of hydrogen-bond donors (Lipinski definition) is 1. The van der Waals surface area contributed by atoms with Gasteiger partial charge in [0.1, 0.15) is 5.75 Å². The normalized spacial score (nSPS) is 17.2. The van der Waals surface area contributed by atoms with E-state index in [1.54, 1.807) is 0 Å². The zero-order valence-electron chi connectivity index (χ0n) is 11.9. The van der Waals surface area contributed by atoms with Crippen molar-refractivity contribution in [2.45, 2.75) is 38.3 Å². The van der Waals surface area contributed by atoms with Gasteiger partial charge < -0.3 is 15.4 Å². The Bertz CT molecular complexity index is 427. The molecule has 1 aromatic rings. The van der Waals surface area contributed by atoms with Crippen molar-refractivity contribution in [1.29, 1.82) is 0 Å². The Morgan fingerprint density at radius 2 is 2.06 bits per heavy atom. The molecular formula is C15H24N2O. The molecule has 1 heterocycles. The number of ether oxygens (including phenoxy) is 1. The fraction of sp³-hybridized carbons (Fsp3) is 0.600. The lowest BCUT2D eigenvalue weighted by Crippen LogP contribution is -2.47. The smallest absolute Gasteiger partial charge is 0.127 e. The highest BCUT2D eigenvalue weighted by atomic mass is 16.5. The summed E-state index contributed by atoms with van der Waals surface area (Å²) in [6.07, 6.45) is 2.20. The SMILES string of the molecule is CN(C)C(C)(C)C(N)c1cccc2c1OCCC2. The third-order valence-electron chi connectivity index (χ3n) is 4.21. The molecule has 1 aliphatic rings. The number of aryl methyl sites for hydroxylation is 1. The number of para-hydroxylation sites is 1. The first-order valence-electron chi connectivity index (χ1n) is 6.62. The van der Waals surface area contributed by atoms with E-state index in [2.05, 4.69) is 51.0 Å². The van der Waals surface area contributed by atoms with Crippen molar-refractivity contribution in [3.63, 3.8) is 0 Å². The van der Waals surface area contributed by atoms with Crippen LogP contribution in [0.5, 0.6) is 5.75 Å². The van der Waals surface area contributed by atoms with E-state index in [4.69, 9.17) is 10.5 Å². The molecule has 1 unspecified atom stereocenters. The minimum atomic E-state index is -0.101. The molecule has 0 radical (unpaired) electrons. The van der Waals surface area contributed by atoms with Crippen molar-refractivity contribution in [1.82, 2.24) is 4.90 Å². The molecule has 1 aromatic carbocycles. The maximum Gasteiger partial charge on any atom is 0.127 e. The molecule has 100 valence electrons. The van der Waals surface area contributed by atoms with E-state index < -0.39 is 0 Å². The summed E-state index contributed by atoms with van der Waals surface area (Å²) in [7, 11) is 4.13. The second-order valence-electron chi connectivity index (χ2n) is 5.81. The Hall–Kier alpha value is -1.06. The maximum absolute atomic E-state index is 6.48. The van der Waals surface area contributed by atoms with Crippen molar-refractivity contribution in [3.05, 3.63) is 29.3 Å². The summed E-state index contributed by atoms with van der Waals surface area (Å²) in [6, 6.07) is 6.28. The van der Waals surface area contributed by atoms with E-state index >= 15 is 0 Å². The first kappa shape index (κ1) is 13.4. The van der Waals surface area contributed by atoms with Gasteiger partial charge in [0, 0.05) is 11.1 Å². The number of rotatable bonds is 3. The molecule has 0 saturated heterocycles. The van der Waals surface area contributed by atoms with Crippen LogP contribution in [0.1, 0.15) is 37.4 Å². The van der Waals surface area contributed by atoms with E-state index in [1.165, 1.54) is 5.56 Å². The molecule has 2 N–H and O–H groups in total. The summed E-state index contributed by atoms with van der Waals surface area (Å²) in [5.74, 6) is 1.02. The summed E-state index contributed by atoms with van der Waals surface area (Å²) >= 11 is 0. The first-order valence-corrected chi connectivity index (χ1v) is 6.62. The van der Waals surface area contributed by atoms with E-state index in [9.17, 15) is 0 Å². The van der Waals surface area contributed by atoms with Crippen molar-refractivity contribution in [2.75, 3.05) is 20.7 Å². The fourth-order valence-electron chi connectivity index (χ4n) is 2.32. The lowest BCUT2D eigenvalue weighted by molar-refractivity contribution is 0.155. The van der Waals surface area contributed by atoms with Gasteiger partial charge >= 0.3 is 0 Å². The highest BCUT2D eigenvalue weighted by molar-refractivity contribution is 5.45. The van der Waals surface area contributed by atoms with Gasteiger partial charge in [-0.15, -0.1) is 0 Å². The van der Waals surface area contributed by atoms with Crippen LogP contribution in [-0.2, 0) is 6.42 Å². The van der Waals surface area contributed by atoms with Gasteiger partial charge in [0.05, 0.1) is 12.6 Å². The molecule has 18 heavy (non-hydrogen) atoms. The maximum atomic E-state index is 6.48. The number of benzene rings is 1. The van der Waals surface area contributed by atoms with Crippen molar-refractivity contribution >= 4 is 0 Å². The van der Waals surface area contributed by atoms with Crippen LogP contribution in [0.4, 0.5) is 0 Å². The van der Waals surface area contributed by atoms with Gasteiger partial charge in [0.15, 0.2) is 0 Å². The lowest BCUT2D eigenvalue weighted by atomic mass is 9.86. The van der Waals surface area contributed by atoms with Crippen LogP contribution in [0.2, 0.25) is 0 Å². The molecular weight excluding hydrogens is 224 g/mol. The van der Waals surface area contributed by atoms with Crippen LogP contribution < -0.4 is 10.5 Å². The van der Waals surface area contributed by atoms with Gasteiger partial charge in [-0.05, 0) is 46.3 Å². The predicted molar refractivity (Wildman–Crippen MR) is 75.0 cm³/mol. The third kappa shape index (κ3) is 2.25. The lowest BCUT2D eigenvalue weighted by Gasteiger charge is -2.39. The highest BCUT2D eigenvalue weighted by Crippen LogP contribution is 2.37. The van der Waals surface area contributed by atoms with E-state index in [0.717, 1.165) is 30.8 Å². The van der Waals surface area contributed by atoms with Crippen LogP contribution in [-0.4, -0.2) is 31.1 Å². The molecule has 0 saturated carbocycles. The minimum absolute atomic E-state index is 0.0550. The van der Waals surface area contributed by atoms with E-state index in [-0.39, 0.29) is 11.6 Å². The number of fused-ring (bicyclic) bond motifs is 1. The summed E-state index contributed by atoms with van der Waals surface area (Å²) in [4.78, 5) is 2.17.